The van der Waals surface area contributed by atoms with Gasteiger partial charge in [-0.1, -0.05) is 12.8 Å². The summed E-state index contributed by atoms with van der Waals surface area (Å²) in [7, 11) is 0. The van der Waals surface area contributed by atoms with Gasteiger partial charge >= 0.3 is 0 Å². The van der Waals surface area contributed by atoms with Gasteiger partial charge in [-0.05, 0) is 18.8 Å². The summed E-state index contributed by atoms with van der Waals surface area (Å²) < 4.78 is 0. The Hall–Kier alpha value is -1.43. The molecule has 1 saturated carbocycles. The molecule has 0 bridgehead atoms. The van der Waals surface area contributed by atoms with Gasteiger partial charge in [0.05, 0.1) is 17.7 Å². The van der Waals surface area contributed by atoms with E-state index >= 15 is 0 Å². The van der Waals surface area contributed by atoms with Crippen molar-refractivity contribution in [2.24, 2.45) is 5.92 Å². The van der Waals surface area contributed by atoms with E-state index < -0.39 is 0 Å². The van der Waals surface area contributed by atoms with Crippen molar-refractivity contribution >= 4 is 0 Å². The van der Waals surface area contributed by atoms with Crippen LogP contribution in [0, 0.1) is 17.2 Å². The molecule has 0 amide bonds. The summed E-state index contributed by atoms with van der Waals surface area (Å²) in [6.45, 7) is 0. The largest absolute Gasteiger partial charge is 0.261 e. The van der Waals surface area contributed by atoms with Gasteiger partial charge in [-0.25, -0.2) is 0 Å². The number of aromatic nitrogens is 2. The third-order valence-electron chi connectivity index (χ3n) is 2.91. The first-order chi connectivity index (χ1) is 6.92. The maximum absolute atomic E-state index is 9.12. The summed E-state index contributed by atoms with van der Waals surface area (Å²) in [5, 5.41) is 9.12. The number of nitrogens with zero attached hydrogens (tertiary/aromatic N) is 3. The average molecular weight is 187 g/mol. The highest BCUT2D eigenvalue weighted by Crippen LogP contribution is 2.35. The smallest absolute Gasteiger partial charge is 0.0928 e. The molecule has 3 heteroatoms. The summed E-state index contributed by atoms with van der Waals surface area (Å²) in [6.07, 6.45) is 9.85. The Morgan fingerprint density at radius 2 is 2.14 bits per heavy atom. The Morgan fingerprint density at radius 1 is 1.36 bits per heavy atom. The second-order valence-corrected chi connectivity index (χ2v) is 3.78. The number of nitriles is 1. The molecule has 2 rings (SSSR count). The molecular weight excluding hydrogens is 174 g/mol. The second kappa shape index (κ2) is 4.19. The molecule has 0 saturated heterocycles. The van der Waals surface area contributed by atoms with Crippen LogP contribution in [0.5, 0.6) is 0 Å². The minimum atomic E-state index is -0.0498. The normalized spacial score (nSPS) is 19.1. The van der Waals surface area contributed by atoms with Crippen LogP contribution in [0.4, 0.5) is 0 Å². The number of hydrogen-bond donors (Lipinski definition) is 0. The Kier molecular flexibility index (Phi) is 2.73. The Labute approximate surface area is 83.8 Å². The van der Waals surface area contributed by atoms with E-state index in [9.17, 15) is 0 Å². The fourth-order valence-electron chi connectivity index (χ4n) is 2.17. The average Bonchev–Trinajstić information content (AvgIpc) is 2.74. The van der Waals surface area contributed by atoms with Crippen molar-refractivity contribution in [1.82, 2.24) is 9.97 Å². The maximum atomic E-state index is 9.12. The molecule has 3 nitrogen and oxygen atoms in total. The molecule has 1 heterocycles. The molecule has 1 fully saturated rings. The van der Waals surface area contributed by atoms with Gasteiger partial charge < -0.3 is 0 Å². The van der Waals surface area contributed by atoms with Crippen molar-refractivity contribution in [1.29, 1.82) is 5.26 Å². The lowest BCUT2D eigenvalue weighted by molar-refractivity contribution is 0.492. The molecule has 0 aliphatic heterocycles. The monoisotopic (exact) mass is 187 g/mol. The molecule has 1 unspecified atom stereocenters. The van der Waals surface area contributed by atoms with E-state index in [1.54, 1.807) is 18.6 Å². The zero-order chi connectivity index (χ0) is 9.80. The zero-order valence-corrected chi connectivity index (χ0v) is 8.06. The van der Waals surface area contributed by atoms with E-state index in [1.807, 2.05) is 0 Å². The molecule has 1 atom stereocenters. The maximum Gasteiger partial charge on any atom is 0.0928 e. The van der Waals surface area contributed by atoms with Crippen molar-refractivity contribution in [2.75, 3.05) is 0 Å². The van der Waals surface area contributed by atoms with Gasteiger partial charge in [0, 0.05) is 18.6 Å². The molecule has 0 spiro atoms. The highest BCUT2D eigenvalue weighted by Gasteiger charge is 2.27. The molecule has 1 aliphatic rings. The topological polar surface area (TPSA) is 49.6 Å². The molecule has 1 aliphatic carbocycles. The molecule has 0 radical (unpaired) electrons. The molecule has 72 valence electrons. The minimum Gasteiger partial charge on any atom is -0.261 e. The Balaban J connectivity index is 2.18. The van der Waals surface area contributed by atoms with Crippen LogP contribution in [0.3, 0.4) is 0 Å². The minimum absolute atomic E-state index is 0.0498. The summed E-state index contributed by atoms with van der Waals surface area (Å²) in [5.41, 5.74) is 0.835. The summed E-state index contributed by atoms with van der Waals surface area (Å²) >= 11 is 0. The van der Waals surface area contributed by atoms with Crippen molar-refractivity contribution in [2.45, 2.75) is 31.6 Å². The van der Waals surface area contributed by atoms with E-state index in [2.05, 4.69) is 16.0 Å². The lowest BCUT2D eigenvalue weighted by Gasteiger charge is -2.14. The summed E-state index contributed by atoms with van der Waals surface area (Å²) in [6, 6.07) is 2.36. The van der Waals surface area contributed by atoms with Crippen LogP contribution in [-0.2, 0) is 0 Å². The Morgan fingerprint density at radius 3 is 2.71 bits per heavy atom. The standard InChI is InChI=1S/C11H13N3/c12-7-10(9-3-1-2-4-9)11-8-13-5-6-14-11/h5-6,8-10H,1-4H2. The van der Waals surface area contributed by atoms with Crippen LogP contribution < -0.4 is 0 Å². The zero-order valence-electron chi connectivity index (χ0n) is 8.06. The Bertz CT molecular complexity index is 322. The molecule has 0 aromatic carbocycles. The van der Waals surface area contributed by atoms with Crippen LogP contribution >= 0.6 is 0 Å². The van der Waals surface area contributed by atoms with E-state index in [0.29, 0.717) is 5.92 Å². The highest BCUT2D eigenvalue weighted by atomic mass is 14.8. The van der Waals surface area contributed by atoms with E-state index in [-0.39, 0.29) is 5.92 Å². The predicted octanol–water partition coefficient (Wildman–Crippen LogP) is 2.27. The highest BCUT2D eigenvalue weighted by molar-refractivity contribution is 5.15. The molecule has 1 aromatic rings. The quantitative estimate of drug-likeness (QED) is 0.713. The van der Waals surface area contributed by atoms with Crippen LogP contribution in [0.15, 0.2) is 18.6 Å². The first-order valence-electron chi connectivity index (χ1n) is 5.07. The van der Waals surface area contributed by atoms with E-state index in [4.69, 9.17) is 5.26 Å². The van der Waals surface area contributed by atoms with Gasteiger partial charge in [-0.15, -0.1) is 0 Å². The first-order valence-corrected chi connectivity index (χ1v) is 5.07. The molecule has 1 aromatic heterocycles. The third kappa shape index (κ3) is 1.74. The van der Waals surface area contributed by atoms with Crippen molar-refractivity contribution in [3.05, 3.63) is 24.3 Å². The third-order valence-corrected chi connectivity index (χ3v) is 2.91. The van der Waals surface area contributed by atoms with Crippen LogP contribution in [0.25, 0.3) is 0 Å². The summed E-state index contributed by atoms with van der Waals surface area (Å²) in [5.74, 6) is 0.447. The first kappa shape index (κ1) is 9.14. The van der Waals surface area contributed by atoms with Crippen LogP contribution in [-0.4, -0.2) is 9.97 Å². The molecule has 0 N–H and O–H groups in total. The van der Waals surface area contributed by atoms with E-state index in [1.165, 1.54) is 12.8 Å². The van der Waals surface area contributed by atoms with Crippen molar-refractivity contribution in [3.63, 3.8) is 0 Å². The van der Waals surface area contributed by atoms with Gasteiger partial charge in [-0.2, -0.15) is 5.26 Å². The van der Waals surface area contributed by atoms with Crippen molar-refractivity contribution < 1.29 is 0 Å². The van der Waals surface area contributed by atoms with Crippen LogP contribution in [0.1, 0.15) is 37.3 Å². The fraction of sp³-hybridized carbons (Fsp3) is 0.545. The van der Waals surface area contributed by atoms with Gasteiger partial charge in [0.2, 0.25) is 0 Å². The lowest BCUT2D eigenvalue weighted by Crippen LogP contribution is -2.09. The molecule has 14 heavy (non-hydrogen) atoms. The predicted molar refractivity (Wildman–Crippen MR) is 52.3 cm³/mol. The number of rotatable bonds is 2. The summed E-state index contributed by atoms with van der Waals surface area (Å²) in [4.78, 5) is 8.22. The van der Waals surface area contributed by atoms with Gasteiger partial charge in [0.15, 0.2) is 0 Å². The van der Waals surface area contributed by atoms with Crippen LogP contribution in [0.2, 0.25) is 0 Å². The second-order valence-electron chi connectivity index (χ2n) is 3.78. The van der Waals surface area contributed by atoms with Gasteiger partial charge in [-0.3, -0.25) is 9.97 Å². The fourth-order valence-corrected chi connectivity index (χ4v) is 2.17. The molecular formula is C11H13N3. The SMILES string of the molecule is N#CC(c1cnccn1)C1CCCC1. The number of hydrogen-bond acceptors (Lipinski definition) is 3. The van der Waals surface area contributed by atoms with Gasteiger partial charge in [0.1, 0.15) is 0 Å². The van der Waals surface area contributed by atoms with Gasteiger partial charge in [0.25, 0.3) is 0 Å². The lowest BCUT2D eigenvalue weighted by atomic mass is 9.90. The van der Waals surface area contributed by atoms with Crippen molar-refractivity contribution in [3.8, 4) is 6.07 Å². The van der Waals surface area contributed by atoms with E-state index in [0.717, 1.165) is 18.5 Å².